The van der Waals surface area contributed by atoms with E-state index in [9.17, 15) is 4.79 Å². The minimum atomic E-state index is -0.456. The molecule has 1 aromatic heterocycles. The maximum atomic E-state index is 11.9. The third kappa shape index (κ3) is 3.79. The number of thiocarbonyl (C=S) groups is 1. The van der Waals surface area contributed by atoms with Gasteiger partial charge >= 0.3 is 0 Å². The second kappa shape index (κ2) is 6.67. The zero-order chi connectivity index (χ0) is 16.2. The van der Waals surface area contributed by atoms with E-state index in [0.717, 1.165) is 0 Å². The van der Waals surface area contributed by atoms with Gasteiger partial charge in [-0.25, -0.2) is 4.98 Å². The van der Waals surface area contributed by atoms with Gasteiger partial charge in [0.25, 0.3) is 5.91 Å². The third-order valence-electron chi connectivity index (χ3n) is 2.87. The number of nitrogens with one attached hydrogen (secondary N) is 3. The number of hydrogen-bond acceptors (Lipinski definition) is 5. The fraction of sp³-hybridized carbons (Fsp3) is 0.0714. The number of amides is 1. The molecule has 0 unspecified atom stereocenters. The van der Waals surface area contributed by atoms with Crippen LogP contribution in [0.1, 0.15) is 10.5 Å². The molecule has 2 heterocycles. The lowest BCUT2D eigenvalue weighted by atomic mass is 10.3. The van der Waals surface area contributed by atoms with Crippen molar-refractivity contribution in [3.63, 3.8) is 0 Å². The Morgan fingerprint density at radius 2 is 2.00 bits per heavy atom. The van der Waals surface area contributed by atoms with Crippen LogP contribution in [-0.4, -0.2) is 22.8 Å². The van der Waals surface area contributed by atoms with Gasteiger partial charge in [-0.05, 0) is 36.5 Å². The molecule has 0 aliphatic carbocycles. The number of hydrogen-bond donors (Lipinski definition) is 3. The van der Waals surface area contributed by atoms with Crippen molar-refractivity contribution in [2.24, 2.45) is 0 Å². The van der Waals surface area contributed by atoms with Crippen molar-refractivity contribution in [2.45, 2.75) is 0 Å². The first kappa shape index (κ1) is 15.3. The Morgan fingerprint density at radius 3 is 2.83 bits per heavy atom. The molecule has 0 fully saturated rings. The summed E-state index contributed by atoms with van der Waals surface area (Å²) in [6.45, 7) is 0.199. The Bertz CT molecular complexity index is 771. The lowest BCUT2D eigenvalue weighted by Crippen LogP contribution is -2.44. The van der Waals surface area contributed by atoms with Crippen molar-refractivity contribution in [3.05, 3.63) is 47.2 Å². The Morgan fingerprint density at radius 1 is 1.17 bits per heavy atom. The van der Waals surface area contributed by atoms with Crippen molar-refractivity contribution in [1.29, 1.82) is 0 Å². The highest BCUT2D eigenvalue weighted by atomic mass is 35.5. The van der Waals surface area contributed by atoms with Crippen LogP contribution in [0.4, 0.5) is 5.69 Å². The summed E-state index contributed by atoms with van der Waals surface area (Å²) in [5, 5.41) is 3.36. The van der Waals surface area contributed by atoms with E-state index < -0.39 is 5.91 Å². The molecule has 0 radical (unpaired) electrons. The molecule has 3 N–H and O–H groups in total. The lowest BCUT2D eigenvalue weighted by Gasteiger charge is -2.11. The third-order valence-corrected chi connectivity index (χ3v) is 3.28. The number of hydrazine groups is 1. The normalized spacial score (nSPS) is 11.7. The number of rotatable bonds is 2. The van der Waals surface area contributed by atoms with E-state index in [2.05, 4.69) is 21.2 Å². The van der Waals surface area contributed by atoms with E-state index in [-0.39, 0.29) is 22.8 Å². The van der Waals surface area contributed by atoms with E-state index in [1.165, 1.54) is 6.07 Å². The molecule has 9 heteroatoms. The second-order valence-corrected chi connectivity index (χ2v) is 5.24. The molecule has 1 aliphatic rings. The maximum Gasteiger partial charge on any atom is 0.288 e. The summed E-state index contributed by atoms with van der Waals surface area (Å²) >= 11 is 10.8. The highest BCUT2D eigenvalue weighted by Crippen LogP contribution is 2.34. The average molecular weight is 351 g/mol. The van der Waals surface area contributed by atoms with Gasteiger partial charge in [-0.15, -0.1) is 0 Å². The van der Waals surface area contributed by atoms with Crippen LogP contribution in [0.25, 0.3) is 0 Å². The van der Waals surface area contributed by atoms with Gasteiger partial charge in [0.15, 0.2) is 16.6 Å². The summed E-state index contributed by atoms with van der Waals surface area (Å²) in [6.07, 6.45) is 0. The van der Waals surface area contributed by atoms with E-state index in [1.807, 2.05) is 0 Å². The van der Waals surface area contributed by atoms with Gasteiger partial charge in [-0.2, -0.15) is 0 Å². The van der Waals surface area contributed by atoms with E-state index in [4.69, 9.17) is 33.3 Å². The number of nitrogens with zero attached hydrogens (tertiary/aromatic N) is 1. The van der Waals surface area contributed by atoms with Crippen molar-refractivity contribution in [1.82, 2.24) is 15.8 Å². The predicted molar refractivity (Wildman–Crippen MR) is 88.6 cm³/mol. The molecule has 2 aromatic rings. The molecule has 23 heavy (non-hydrogen) atoms. The molecular weight excluding hydrogens is 340 g/mol. The number of benzene rings is 1. The molecule has 0 atom stereocenters. The SMILES string of the molecule is O=C(NNC(=S)Nc1ccc2c(c1)OCO2)c1cccc(Cl)n1. The molecule has 0 spiro atoms. The summed E-state index contributed by atoms with van der Waals surface area (Å²) in [5.41, 5.74) is 5.88. The number of ether oxygens (including phenoxy) is 2. The van der Waals surface area contributed by atoms with Gasteiger partial charge in [0.05, 0.1) is 0 Å². The zero-order valence-corrected chi connectivity index (χ0v) is 13.2. The smallest absolute Gasteiger partial charge is 0.288 e. The average Bonchev–Trinajstić information content (AvgIpc) is 3.00. The topological polar surface area (TPSA) is 84.5 Å². The number of halogens is 1. The second-order valence-electron chi connectivity index (χ2n) is 4.45. The fourth-order valence-electron chi connectivity index (χ4n) is 1.85. The molecule has 3 rings (SSSR count). The first-order valence-corrected chi connectivity index (χ1v) is 7.30. The van der Waals surface area contributed by atoms with Crippen molar-refractivity contribution < 1.29 is 14.3 Å². The van der Waals surface area contributed by atoms with E-state index in [1.54, 1.807) is 30.3 Å². The molecule has 1 amide bonds. The van der Waals surface area contributed by atoms with Gasteiger partial charge in [0.2, 0.25) is 6.79 Å². The van der Waals surface area contributed by atoms with Crippen LogP contribution in [0, 0.1) is 0 Å². The summed E-state index contributed by atoms with van der Waals surface area (Å²) in [5.74, 6) is 0.849. The van der Waals surface area contributed by atoms with Gasteiger partial charge < -0.3 is 14.8 Å². The maximum absolute atomic E-state index is 11.9. The van der Waals surface area contributed by atoms with Gasteiger partial charge in [0.1, 0.15) is 10.8 Å². The minimum absolute atomic E-state index is 0.177. The summed E-state index contributed by atoms with van der Waals surface area (Å²) in [4.78, 5) is 15.8. The van der Waals surface area contributed by atoms with Crippen molar-refractivity contribution in [3.8, 4) is 11.5 Å². The van der Waals surface area contributed by atoms with Gasteiger partial charge in [-0.1, -0.05) is 17.7 Å². The van der Waals surface area contributed by atoms with Crippen molar-refractivity contribution >= 4 is 40.5 Å². The molecule has 0 saturated carbocycles. The predicted octanol–water partition coefficient (Wildman–Crippen LogP) is 2.10. The number of fused-ring (bicyclic) bond motifs is 1. The zero-order valence-electron chi connectivity index (χ0n) is 11.6. The molecule has 1 aromatic carbocycles. The van der Waals surface area contributed by atoms with Crippen molar-refractivity contribution in [2.75, 3.05) is 12.1 Å². The van der Waals surface area contributed by atoms with Crippen LogP contribution in [0.3, 0.4) is 0 Å². The number of carbonyl (C=O) groups excluding carboxylic acids is 1. The van der Waals surface area contributed by atoms with Crippen LogP contribution in [0.2, 0.25) is 5.15 Å². The van der Waals surface area contributed by atoms with Crippen LogP contribution < -0.4 is 25.6 Å². The quantitative estimate of drug-likeness (QED) is 0.434. The molecule has 0 saturated heterocycles. The summed E-state index contributed by atoms with van der Waals surface area (Å²) in [7, 11) is 0. The molecule has 0 bridgehead atoms. The Labute approximate surface area is 141 Å². The standard InChI is InChI=1S/C14H11ClN4O3S/c15-12-3-1-2-9(17-12)13(20)18-19-14(23)16-8-4-5-10-11(6-8)22-7-21-10/h1-6H,7H2,(H,18,20)(H2,16,19,23). The van der Waals surface area contributed by atoms with Crippen LogP contribution in [0.5, 0.6) is 11.5 Å². The molecular formula is C14H11ClN4O3S. The largest absolute Gasteiger partial charge is 0.454 e. The van der Waals surface area contributed by atoms with E-state index >= 15 is 0 Å². The number of anilines is 1. The monoisotopic (exact) mass is 350 g/mol. The first-order valence-electron chi connectivity index (χ1n) is 6.51. The lowest BCUT2D eigenvalue weighted by molar-refractivity contribution is 0.0939. The molecule has 1 aliphatic heterocycles. The Hall–Kier alpha value is -2.58. The fourth-order valence-corrected chi connectivity index (χ4v) is 2.18. The summed E-state index contributed by atoms with van der Waals surface area (Å²) in [6, 6.07) is 10.0. The van der Waals surface area contributed by atoms with E-state index in [0.29, 0.717) is 17.2 Å². The summed E-state index contributed by atoms with van der Waals surface area (Å²) < 4.78 is 10.5. The van der Waals surface area contributed by atoms with Crippen LogP contribution in [0.15, 0.2) is 36.4 Å². The number of carbonyl (C=O) groups is 1. The Kier molecular flexibility index (Phi) is 4.45. The minimum Gasteiger partial charge on any atom is -0.454 e. The molecule has 118 valence electrons. The number of aromatic nitrogens is 1. The molecule has 7 nitrogen and oxygen atoms in total. The van der Waals surface area contributed by atoms with Crippen LogP contribution >= 0.6 is 23.8 Å². The highest BCUT2D eigenvalue weighted by Gasteiger charge is 2.13. The van der Waals surface area contributed by atoms with Gasteiger partial charge in [-0.3, -0.25) is 15.6 Å². The highest BCUT2D eigenvalue weighted by molar-refractivity contribution is 7.80. The number of pyridine rings is 1. The van der Waals surface area contributed by atoms with Gasteiger partial charge in [0, 0.05) is 11.8 Å². The first-order chi connectivity index (χ1) is 11.1. The Balaban J connectivity index is 1.54. The van der Waals surface area contributed by atoms with Crippen LogP contribution in [-0.2, 0) is 0 Å².